The second-order valence-corrected chi connectivity index (χ2v) is 4.73. The van der Waals surface area contributed by atoms with Crippen LogP contribution in [0.5, 0.6) is 0 Å². The number of aryl methyl sites for hydroxylation is 2. The van der Waals surface area contributed by atoms with E-state index in [1.165, 1.54) is 0 Å². The molecule has 0 amide bonds. The highest BCUT2D eigenvalue weighted by Crippen LogP contribution is 2.25. The molecule has 1 heterocycles. The van der Waals surface area contributed by atoms with E-state index in [2.05, 4.69) is 15.9 Å². The van der Waals surface area contributed by atoms with Gasteiger partial charge in [-0.1, -0.05) is 15.9 Å². The lowest BCUT2D eigenvalue weighted by Gasteiger charge is -2.06. The summed E-state index contributed by atoms with van der Waals surface area (Å²) >= 11 is 3.45. The molecule has 16 heavy (non-hydrogen) atoms. The standard InChI is InChI=1S/C12H12BrNO2/c1-8-6-10(13)7-9-2-4-14(12(8)9)5-3-11(15)16/h2,4,6-7H,3,5H2,1H3,(H,15,16). The van der Waals surface area contributed by atoms with Crippen molar-refractivity contribution in [1.82, 2.24) is 4.57 Å². The van der Waals surface area contributed by atoms with Gasteiger partial charge in [0.05, 0.1) is 11.9 Å². The van der Waals surface area contributed by atoms with Crippen molar-refractivity contribution in [1.29, 1.82) is 0 Å². The van der Waals surface area contributed by atoms with E-state index < -0.39 is 5.97 Å². The molecule has 0 aliphatic carbocycles. The molecule has 0 saturated heterocycles. The van der Waals surface area contributed by atoms with Gasteiger partial charge in [0.1, 0.15) is 0 Å². The normalized spacial score (nSPS) is 10.9. The number of hydrogen-bond acceptors (Lipinski definition) is 1. The van der Waals surface area contributed by atoms with Crippen LogP contribution in [0, 0.1) is 6.92 Å². The van der Waals surface area contributed by atoms with Crippen LogP contribution in [0.3, 0.4) is 0 Å². The average Bonchev–Trinajstić information content (AvgIpc) is 2.57. The zero-order valence-electron chi connectivity index (χ0n) is 8.90. The van der Waals surface area contributed by atoms with E-state index in [9.17, 15) is 4.79 Å². The van der Waals surface area contributed by atoms with Crippen LogP contribution in [0.25, 0.3) is 10.9 Å². The summed E-state index contributed by atoms with van der Waals surface area (Å²) in [6, 6.07) is 6.09. The number of fused-ring (bicyclic) bond motifs is 1. The number of nitrogens with zero attached hydrogens (tertiary/aromatic N) is 1. The lowest BCUT2D eigenvalue weighted by atomic mass is 10.2. The van der Waals surface area contributed by atoms with Gasteiger partial charge < -0.3 is 9.67 Å². The average molecular weight is 282 g/mol. The summed E-state index contributed by atoms with van der Waals surface area (Å²) in [5.41, 5.74) is 2.27. The quantitative estimate of drug-likeness (QED) is 0.939. The molecule has 0 spiro atoms. The molecule has 0 aliphatic rings. The van der Waals surface area contributed by atoms with Gasteiger partial charge in [-0.3, -0.25) is 4.79 Å². The van der Waals surface area contributed by atoms with Crippen LogP contribution in [0.4, 0.5) is 0 Å². The Kier molecular flexibility index (Phi) is 3.01. The SMILES string of the molecule is Cc1cc(Br)cc2ccn(CCC(=O)O)c12. The Morgan fingerprint density at radius 2 is 2.25 bits per heavy atom. The van der Waals surface area contributed by atoms with Crippen molar-refractivity contribution in [2.75, 3.05) is 0 Å². The summed E-state index contributed by atoms with van der Waals surface area (Å²) in [5, 5.41) is 9.81. The summed E-state index contributed by atoms with van der Waals surface area (Å²) in [5.74, 6) is -0.767. The van der Waals surface area contributed by atoms with Crippen molar-refractivity contribution >= 4 is 32.8 Å². The van der Waals surface area contributed by atoms with E-state index in [1.54, 1.807) is 0 Å². The second-order valence-electron chi connectivity index (χ2n) is 3.81. The van der Waals surface area contributed by atoms with Gasteiger partial charge in [-0.15, -0.1) is 0 Å². The molecule has 2 rings (SSSR count). The van der Waals surface area contributed by atoms with Gasteiger partial charge in [0.25, 0.3) is 0 Å². The number of benzene rings is 1. The van der Waals surface area contributed by atoms with Gasteiger partial charge in [0.15, 0.2) is 0 Å². The highest BCUT2D eigenvalue weighted by Gasteiger charge is 2.06. The third-order valence-electron chi connectivity index (χ3n) is 2.58. The molecule has 84 valence electrons. The predicted octanol–water partition coefficient (Wildman–Crippen LogP) is 3.19. The van der Waals surface area contributed by atoms with E-state index in [4.69, 9.17) is 5.11 Å². The Hall–Kier alpha value is -1.29. The van der Waals surface area contributed by atoms with E-state index >= 15 is 0 Å². The van der Waals surface area contributed by atoms with Gasteiger partial charge in [0.2, 0.25) is 0 Å². The van der Waals surface area contributed by atoms with Crippen LogP contribution in [0.1, 0.15) is 12.0 Å². The summed E-state index contributed by atoms with van der Waals surface area (Å²) in [7, 11) is 0. The number of aliphatic carboxylic acids is 1. The highest BCUT2D eigenvalue weighted by atomic mass is 79.9. The van der Waals surface area contributed by atoms with E-state index in [1.807, 2.05) is 35.9 Å². The number of aromatic nitrogens is 1. The molecular formula is C12H12BrNO2. The third kappa shape index (κ3) is 2.11. The Balaban J connectivity index is 2.43. The molecule has 0 bridgehead atoms. The topological polar surface area (TPSA) is 42.2 Å². The largest absolute Gasteiger partial charge is 0.481 e. The van der Waals surface area contributed by atoms with Gasteiger partial charge in [-0.05, 0) is 30.7 Å². The summed E-state index contributed by atoms with van der Waals surface area (Å²) in [6.07, 6.45) is 2.09. The molecule has 0 saturated carbocycles. The molecule has 1 aromatic heterocycles. The maximum atomic E-state index is 10.5. The van der Waals surface area contributed by atoms with Crippen molar-refractivity contribution in [2.24, 2.45) is 0 Å². The van der Waals surface area contributed by atoms with Gasteiger partial charge in [-0.25, -0.2) is 0 Å². The minimum Gasteiger partial charge on any atom is -0.481 e. The first-order valence-corrected chi connectivity index (χ1v) is 5.84. The van der Waals surface area contributed by atoms with Crippen LogP contribution in [-0.4, -0.2) is 15.6 Å². The number of hydrogen-bond donors (Lipinski definition) is 1. The van der Waals surface area contributed by atoms with Crippen molar-refractivity contribution in [3.05, 3.63) is 34.4 Å². The first-order valence-electron chi connectivity index (χ1n) is 5.05. The molecule has 0 unspecified atom stereocenters. The van der Waals surface area contributed by atoms with Crippen LogP contribution in [-0.2, 0) is 11.3 Å². The summed E-state index contributed by atoms with van der Waals surface area (Å²) in [6.45, 7) is 2.55. The molecule has 0 aliphatic heterocycles. The molecular weight excluding hydrogens is 270 g/mol. The maximum absolute atomic E-state index is 10.5. The fourth-order valence-corrected chi connectivity index (χ4v) is 2.52. The fraction of sp³-hybridized carbons (Fsp3) is 0.250. The lowest BCUT2D eigenvalue weighted by molar-refractivity contribution is -0.137. The number of carboxylic acids is 1. The Morgan fingerprint density at radius 1 is 1.50 bits per heavy atom. The third-order valence-corrected chi connectivity index (χ3v) is 3.04. The van der Waals surface area contributed by atoms with E-state index in [0.717, 1.165) is 20.9 Å². The zero-order chi connectivity index (χ0) is 11.7. The van der Waals surface area contributed by atoms with Crippen molar-refractivity contribution in [3.8, 4) is 0 Å². The van der Waals surface area contributed by atoms with Crippen LogP contribution < -0.4 is 0 Å². The van der Waals surface area contributed by atoms with E-state index in [-0.39, 0.29) is 6.42 Å². The molecule has 3 nitrogen and oxygen atoms in total. The zero-order valence-corrected chi connectivity index (χ0v) is 10.5. The molecule has 0 fully saturated rings. The minimum absolute atomic E-state index is 0.152. The molecule has 4 heteroatoms. The van der Waals surface area contributed by atoms with Gasteiger partial charge in [-0.2, -0.15) is 0 Å². The second kappa shape index (κ2) is 4.29. The molecule has 1 N–H and O–H groups in total. The Bertz CT molecular complexity index is 545. The lowest BCUT2D eigenvalue weighted by Crippen LogP contribution is -2.03. The number of carbonyl (C=O) groups is 1. The first-order chi connectivity index (χ1) is 7.58. The predicted molar refractivity (Wildman–Crippen MR) is 66.6 cm³/mol. The van der Waals surface area contributed by atoms with Crippen LogP contribution in [0.2, 0.25) is 0 Å². The monoisotopic (exact) mass is 281 g/mol. The fourth-order valence-electron chi connectivity index (χ4n) is 1.93. The minimum atomic E-state index is -0.767. The van der Waals surface area contributed by atoms with Crippen molar-refractivity contribution < 1.29 is 9.90 Å². The van der Waals surface area contributed by atoms with Crippen molar-refractivity contribution in [3.63, 3.8) is 0 Å². The summed E-state index contributed by atoms with van der Waals surface area (Å²) in [4.78, 5) is 10.5. The Morgan fingerprint density at radius 3 is 2.94 bits per heavy atom. The van der Waals surface area contributed by atoms with Gasteiger partial charge >= 0.3 is 5.97 Å². The molecule has 2 aromatic rings. The first kappa shape index (κ1) is 11.2. The molecule has 0 radical (unpaired) electrons. The number of rotatable bonds is 3. The van der Waals surface area contributed by atoms with E-state index in [0.29, 0.717) is 6.54 Å². The molecule has 1 aromatic carbocycles. The van der Waals surface area contributed by atoms with Crippen molar-refractivity contribution in [2.45, 2.75) is 19.9 Å². The van der Waals surface area contributed by atoms with Crippen LogP contribution in [0.15, 0.2) is 28.9 Å². The van der Waals surface area contributed by atoms with Crippen LogP contribution >= 0.6 is 15.9 Å². The maximum Gasteiger partial charge on any atom is 0.305 e. The summed E-state index contributed by atoms with van der Waals surface area (Å²) < 4.78 is 3.04. The highest BCUT2D eigenvalue weighted by molar-refractivity contribution is 9.10. The number of halogens is 1. The smallest absolute Gasteiger partial charge is 0.305 e. The number of carboxylic acid groups (broad SMARTS) is 1. The molecule has 0 atom stereocenters. The van der Waals surface area contributed by atoms with Gasteiger partial charge in [0, 0.05) is 22.6 Å². The Labute approximate surface area is 102 Å².